The fourth-order valence-electron chi connectivity index (χ4n) is 1.65. The van der Waals surface area contributed by atoms with Gasteiger partial charge in [-0.15, -0.1) is 0 Å². The number of nitrogens with one attached hydrogen (secondary N) is 1. The van der Waals surface area contributed by atoms with Crippen LogP contribution in [0, 0.1) is 6.92 Å². The van der Waals surface area contributed by atoms with Gasteiger partial charge in [-0.2, -0.15) is 5.10 Å². The average Bonchev–Trinajstić information content (AvgIpc) is 2.54. The van der Waals surface area contributed by atoms with Crippen LogP contribution >= 0.6 is 11.8 Å². The highest BCUT2D eigenvalue weighted by molar-refractivity contribution is 8.15. The normalized spacial score (nSPS) is 11.1. The summed E-state index contributed by atoms with van der Waals surface area (Å²) in [5.41, 5.74) is 4.86. The highest BCUT2D eigenvalue weighted by atomic mass is 32.2. The van der Waals surface area contributed by atoms with E-state index in [0.29, 0.717) is 6.61 Å². The molecule has 0 aliphatic carbocycles. The summed E-state index contributed by atoms with van der Waals surface area (Å²) in [5, 5.41) is 4.46. The second-order valence-electron chi connectivity index (χ2n) is 4.53. The lowest BCUT2D eigenvalue weighted by molar-refractivity contribution is -0.134. The van der Waals surface area contributed by atoms with Crippen molar-refractivity contribution in [1.82, 2.24) is 0 Å². The molecule has 0 bridgehead atoms. The third-order valence-electron chi connectivity index (χ3n) is 2.75. The van der Waals surface area contributed by atoms with Crippen LogP contribution in [0.1, 0.15) is 12.5 Å². The maximum atomic E-state index is 12.0. The summed E-state index contributed by atoms with van der Waals surface area (Å²) in [7, 11) is 0. The van der Waals surface area contributed by atoms with E-state index in [4.69, 9.17) is 4.74 Å². The number of hydrazone groups is 1. The molecule has 5 heteroatoms. The van der Waals surface area contributed by atoms with Gasteiger partial charge < -0.3 is 4.74 Å². The average molecular weight is 314 g/mol. The second kappa shape index (κ2) is 8.24. The lowest BCUT2D eigenvalue weighted by Gasteiger charge is -2.07. The number of aryl methyl sites for hydroxylation is 1. The van der Waals surface area contributed by atoms with Crippen LogP contribution in [0.3, 0.4) is 0 Å². The highest BCUT2D eigenvalue weighted by Crippen LogP contribution is 2.21. The first-order chi connectivity index (χ1) is 10.7. The summed E-state index contributed by atoms with van der Waals surface area (Å²) in [6.07, 6.45) is 0. The van der Waals surface area contributed by atoms with Crippen LogP contribution in [0.5, 0.6) is 0 Å². The van der Waals surface area contributed by atoms with Gasteiger partial charge in [-0.3, -0.25) is 5.43 Å². The Kier molecular flexibility index (Phi) is 6.03. The Morgan fingerprint density at radius 1 is 1.14 bits per heavy atom. The SMILES string of the molecule is CCOC(=O)/C(=N\Nc1ccccc1)Sc1ccc(C)cc1. The van der Waals surface area contributed by atoms with Gasteiger partial charge in [-0.05, 0) is 38.1 Å². The summed E-state index contributed by atoms with van der Waals surface area (Å²) in [6, 6.07) is 17.4. The molecule has 0 atom stereocenters. The Morgan fingerprint density at radius 2 is 1.82 bits per heavy atom. The standard InChI is InChI=1S/C17H18N2O2S/c1-3-21-17(20)16(19-18-14-7-5-4-6-8-14)22-15-11-9-13(2)10-12-15/h4-12,18H,3H2,1-2H3/b19-16+. The molecule has 0 spiro atoms. The molecule has 0 aromatic heterocycles. The predicted molar refractivity (Wildman–Crippen MR) is 91.2 cm³/mol. The van der Waals surface area contributed by atoms with Crippen molar-refractivity contribution in [3.8, 4) is 0 Å². The Hall–Kier alpha value is -2.27. The molecule has 0 aliphatic heterocycles. The summed E-state index contributed by atoms with van der Waals surface area (Å²) in [4.78, 5) is 13.0. The van der Waals surface area contributed by atoms with E-state index >= 15 is 0 Å². The lowest BCUT2D eigenvalue weighted by atomic mass is 10.2. The molecule has 114 valence electrons. The van der Waals surface area contributed by atoms with Gasteiger partial charge in [0.05, 0.1) is 12.3 Å². The minimum absolute atomic E-state index is 0.273. The third kappa shape index (κ3) is 4.93. The minimum atomic E-state index is -0.434. The van der Waals surface area contributed by atoms with E-state index in [2.05, 4.69) is 10.5 Å². The van der Waals surface area contributed by atoms with Crippen LogP contribution in [-0.4, -0.2) is 17.6 Å². The zero-order valence-corrected chi connectivity index (χ0v) is 13.4. The van der Waals surface area contributed by atoms with Crippen molar-refractivity contribution >= 4 is 28.5 Å². The second-order valence-corrected chi connectivity index (χ2v) is 5.59. The maximum Gasteiger partial charge on any atom is 0.365 e. The zero-order chi connectivity index (χ0) is 15.8. The summed E-state index contributed by atoms with van der Waals surface area (Å²) < 4.78 is 5.06. The molecule has 0 amide bonds. The molecule has 0 fully saturated rings. The monoisotopic (exact) mass is 314 g/mol. The fraction of sp³-hybridized carbons (Fsp3) is 0.176. The minimum Gasteiger partial charge on any atom is -0.461 e. The van der Waals surface area contributed by atoms with Gasteiger partial charge in [-0.1, -0.05) is 47.7 Å². The first kappa shape index (κ1) is 16.1. The van der Waals surface area contributed by atoms with Crippen molar-refractivity contribution in [2.45, 2.75) is 18.7 Å². The number of thioether (sulfide) groups is 1. The summed E-state index contributed by atoms with van der Waals surface area (Å²) in [6.45, 7) is 4.11. The molecule has 0 saturated carbocycles. The smallest absolute Gasteiger partial charge is 0.365 e. The third-order valence-corrected chi connectivity index (χ3v) is 3.71. The molecule has 0 unspecified atom stereocenters. The topological polar surface area (TPSA) is 50.7 Å². The number of hydrogen-bond acceptors (Lipinski definition) is 5. The van der Waals surface area contributed by atoms with Gasteiger partial charge in [0, 0.05) is 4.90 Å². The van der Waals surface area contributed by atoms with Crippen LogP contribution in [-0.2, 0) is 9.53 Å². The van der Waals surface area contributed by atoms with Crippen LogP contribution < -0.4 is 5.43 Å². The first-order valence-corrected chi connectivity index (χ1v) is 7.81. The van der Waals surface area contributed by atoms with Crippen molar-refractivity contribution in [3.63, 3.8) is 0 Å². The number of carbonyl (C=O) groups is 1. The number of nitrogens with zero attached hydrogens (tertiary/aromatic N) is 1. The molecule has 0 heterocycles. The van der Waals surface area contributed by atoms with Crippen LogP contribution in [0.4, 0.5) is 5.69 Å². The van der Waals surface area contributed by atoms with Crippen molar-refractivity contribution in [3.05, 3.63) is 60.2 Å². The number of ether oxygens (including phenoxy) is 1. The zero-order valence-electron chi connectivity index (χ0n) is 12.6. The number of carbonyl (C=O) groups excluding carboxylic acids is 1. The molecular weight excluding hydrogens is 296 g/mol. The van der Waals surface area contributed by atoms with Crippen LogP contribution in [0.2, 0.25) is 0 Å². The number of esters is 1. The Bertz CT molecular complexity index is 639. The number of benzene rings is 2. The highest BCUT2D eigenvalue weighted by Gasteiger charge is 2.15. The fourth-order valence-corrected chi connectivity index (χ4v) is 2.38. The van der Waals surface area contributed by atoms with Crippen LogP contribution in [0.25, 0.3) is 0 Å². The van der Waals surface area contributed by atoms with Crippen molar-refractivity contribution in [2.75, 3.05) is 12.0 Å². The van der Waals surface area contributed by atoms with Crippen molar-refractivity contribution in [2.24, 2.45) is 5.10 Å². The van der Waals surface area contributed by atoms with Gasteiger partial charge in [0.1, 0.15) is 0 Å². The number of anilines is 1. The molecule has 2 aromatic carbocycles. The van der Waals surface area contributed by atoms with Crippen molar-refractivity contribution < 1.29 is 9.53 Å². The van der Waals surface area contributed by atoms with E-state index in [1.54, 1.807) is 6.92 Å². The van der Waals surface area contributed by atoms with E-state index in [0.717, 1.165) is 10.6 Å². The molecule has 22 heavy (non-hydrogen) atoms. The first-order valence-electron chi connectivity index (χ1n) is 6.99. The van der Waals surface area contributed by atoms with Gasteiger partial charge in [0.15, 0.2) is 0 Å². The van der Waals surface area contributed by atoms with Gasteiger partial charge in [0.2, 0.25) is 5.04 Å². The van der Waals surface area contributed by atoms with E-state index in [1.807, 2.05) is 61.5 Å². The molecule has 2 aromatic rings. The van der Waals surface area contributed by atoms with E-state index in [-0.39, 0.29) is 5.04 Å². The van der Waals surface area contributed by atoms with E-state index < -0.39 is 5.97 Å². The number of hydrogen-bond donors (Lipinski definition) is 1. The number of para-hydroxylation sites is 1. The molecule has 1 N–H and O–H groups in total. The molecule has 2 rings (SSSR count). The van der Waals surface area contributed by atoms with Gasteiger partial charge in [-0.25, -0.2) is 4.79 Å². The summed E-state index contributed by atoms with van der Waals surface area (Å²) in [5.74, 6) is -0.434. The predicted octanol–water partition coefficient (Wildman–Crippen LogP) is 4.08. The van der Waals surface area contributed by atoms with E-state index in [1.165, 1.54) is 17.3 Å². The number of rotatable bonds is 4. The Balaban J connectivity index is 2.15. The maximum absolute atomic E-state index is 12.0. The molecule has 0 saturated heterocycles. The molecule has 0 aliphatic rings. The molecule has 0 radical (unpaired) electrons. The van der Waals surface area contributed by atoms with Gasteiger partial charge in [0.25, 0.3) is 0 Å². The van der Waals surface area contributed by atoms with Crippen LogP contribution in [0.15, 0.2) is 64.6 Å². The molecular formula is C17H18N2O2S. The van der Waals surface area contributed by atoms with Crippen molar-refractivity contribution in [1.29, 1.82) is 0 Å². The Morgan fingerprint density at radius 3 is 2.45 bits per heavy atom. The van der Waals surface area contributed by atoms with Gasteiger partial charge >= 0.3 is 5.97 Å². The Labute approximate surface area is 134 Å². The van der Waals surface area contributed by atoms with E-state index in [9.17, 15) is 4.79 Å². The lowest BCUT2D eigenvalue weighted by Crippen LogP contribution is -2.16. The largest absolute Gasteiger partial charge is 0.461 e. The summed E-state index contributed by atoms with van der Waals surface area (Å²) >= 11 is 1.28. The quantitative estimate of drug-likeness (QED) is 0.304. The molecule has 4 nitrogen and oxygen atoms in total.